The molecule has 194 valence electrons. The van der Waals surface area contributed by atoms with Crippen molar-refractivity contribution in [2.24, 2.45) is 11.8 Å². The molecule has 2 bridgehead atoms. The summed E-state index contributed by atoms with van der Waals surface area (Å²) in [6.45, 7) is 4.62. The molecular formula is C30H30BrF2NO3. The number of hydrogen-bond donors (Lipinski definition) is 0. The van der Waals surface area contributed by atoms with E-state index in [-0.39, 0.29) is 40.6 Å². The largest absolute Gasteiger partial charge is 1.00 e. The van der Waals surface area contributed by atoms with Crippen LogP contribution < -0.4 is 17.0 Å². The van der Waals surface area contributed by atoms with Gasteiger partial charge in [-0.2, -0.15) is 0 Å². The molecular weight excluding hydrogens is 540 g/mol. The highest BCUT2D eigenvalue weighted by molar-refractivity contribution is 5.97. The molecule has 0 aromatic heterocycles. The first-order valence-corrected chi connectivity index (χ1v) is 12.5. The standard InChI is InChI=1S/C30H30F2NO3.BrH/c1-20-8-10-22(11-9-20)28(34)19-33-14-12-21(13-15-33)27(18-33)30(35)36-29(23-4-2-6-25(31)16-23)24-5-3-7-26(32)17-24;/h2-11,16-17,21,27,29H,12-15,18-19H2,1H3;1H/q+1;/p-1. The minimum Gasteiger partial charge on any atom is -1.00 e. The number of halogens is 3. The number of carbonyl (C=O) groups is 2. The molecule has 1 unspecified atom stereocenters. The Morgan fingerprint density at radius 3 is 2.03 bits per heavy atom. The minimum absolute atomic E-state index is 0. The number of quaternary nitrogens is 1. The smallest absolute Gasteiger partial charge is 0.315 e. The van der Waals surface area contributed by atoms with E-state index in [2.05, 4.69) is 0 Å². The third kappa shape index (κ3) is 5.99. The van der Waals surface area contributed by atoms with E-state index in [0.717, 1.165) is 31.5 Å². The number of carbonyl (C=O) groups excluding carboxylic acids is 2. The van der Waals surface area contributed by atoms with Gasteiger partial charge in [0.25, 0.3) is 0 Å². The van der Waals surface area contributed by atoms with Gasteiger partial charge >= 0.3 is 5.97 Å². The fraction of sp³-hybridized carbons (Fsp3) is 0.333. The topological polar surface area (TPSA) is 43.4 Å². The molecule has 3 heterocycles. The van der Waals surface area contributed by atoms with Crippen LogP contribution in [-0.4, -0.2) is 42.4 Å². The van der Waals surface area contributed by atoms with Crippen molar-refractivity contribution in [2.75, 3.05) is 26.2 Å². The lowest BCUT2D eigenvalue weighted by Crippen LogP contribution is -3.00. The lowest BCUT2D eigenvalue weighted by atomic mass is 9.76. The summed E-state index contributed by atoms with van der Waals surface area (Å²) in [4.78, 5) is 26.6. The number of ether oxygens (including phenoxy) is 1. The van der Waals surface area contributed by atoms with Crippen molar-refractivity contribution in [2.45, 2.75) is 25.9 Å². The molecule has 1 atom stereocenters. The fourth-order valence-corrected chi connectivity index (χ4v) is 5.78. The second kappa shape index (κ2) is 11.2. The van der Waals surface area contributed by atoms with Gasteiger partial charge in [-0.3, -0.25) is 9.59 Å². The molecule has 3 aliphatic heterocycles. The maximum atomic E-state index is 14.0. The second-order valence-corrected chi connectivity index (χ2v) is 10.3. The van der Waals surface area contributed by atoms with E-state index in [0.29, 0.717) is 34.3 Å². The van der Waals surface area contributed by atoms with Crippen LogP contribution in [0.1, 0.15) is 46.0 Å². The van der Waals surface area contributed by atoms with Crippen LogP contribution in [0.3, 0.4) is 0 Å². The van der Waals surface area contributed by atoms with Crippen LogP contribution in [0.2, 0.25) is 0 Å². The zero-order valence-electron chi connectivity index (χ0n) is 20.7. The summed E-state index contributed by atoms with van der Waals surface area (Å²) in [5.74, 6) is -1.36. The molecule has 0 spiro atoms. The number of fused-ring (bicyclic) bond motifs is 3. The van der Waals surface area contributed by atoms with Crippen LogP contribution in [-0.2, 0) is 9.53 Å². The number of hydrogen-bond acceptors (Lipinski definition) is 3. The van der Waals surface area contributed by atoms with Crippen LogP contribution in [0.4, 0.5) is 8.78 Å². The number of esters is 1. The summed E-state index contributed by atoms with van der Waals surface area (Å²) < 4.78 is 34.6. The molecule has 0 saturated carbocycles. The number of ketones is 1. The molecule has 3 fully saturated rings. The molecule has 4 nitrogen and oxygen atoms in total. The van der Waals surface area contributed by atoms with Crippen LogP contribution in [0.15, 0.2) is 72.8 Å². The number of benzene rings is 3. The lowest BCUT2D eigenvalue weighted by molar-refractivity contribution is -0.938. The molecule has 6 rings (SSSR count). The van der Waals surface area contributed by atoms with Gasteiger partial charge in [0, 0.05) is 18.4 Å². The third-order valence-electron chi connectivity index (χ3n) is 7.79. The maximum absolute atomic E-state index is 14.0. The highest BCUT2D eigenvalue weighted by atomic mass is 79.9. The molecule has 0 radical (unpaired) electrons. The monoisotopic (exact) mass is 569 g/mol. The van der Waals surface area contributed by atoms with Crippen LogP contribution in [0.5, 0.6) is 0 Å². The van der Waals surface area contributed by atoms with Gasteiger partial charge in [-0.15, -0.1) is 0 Å². The number of piperidine rings is 3. The van der Waals surface area contributed by atoms with Gasteiger partial charge in [0.2, 0.25) is 5.78 Å². The second-order valence-electron chi connectivity index (χ2n) is 10.3. The summed E-state index contributed by atoms with van der Waals surface area (Å²) >= 11 is 0. The molecule has 0 amide bonds. The maximum Gasteiger partial charge on any atom is 0.315 e. The van der Waals surface area contributed by atoms with E-state index in [1.165, 1.54) is 24.3 Å². The molecule has 3 aromatic rings. The zero-order valence-corrected chi connectivity index (χ0v) is 22.3. The van der Waals surface area contributed by atoms with Crippen molar-refractivity contribution >= 4 is 11.8 Å². The Bertz CT molecular complexity index is 1230. The van der Waals surface area contributed by atoms with Crippen LogP contribution in [0.25, 0.3) is 0 Å². The summed E-state index contributed by atoms with van der Waals surface area (Å²) in [6.07, 6.45) is 0.791. The van der Waals surface area contributed by atoms with Crippen molar-refractivity contribution in [3.63, 3.8) is 0 Å². The summed E-state index contributed by atoms with van der Waals surface area (Å²) in [5.41, 5.74) is 2.70. The summed E-state index contributed by atoms with van der Waals surface area (Å²) in [6, 6.07) is 19.3. The average molecular weight is 570 g/mol. The molecule has 3 aliphatic rings. The van der Waals surface area contributed by atoms with Crippen molar-refractivity contribution in [1.82, 2.24) is 0 Å². The Hall–Kier alpha value is -2.90. The highest BCUT2D eigenvalue weighted by Gasteiger charge is 2.50. The summed E-state index contributed by atoms with van der Waals surface area (Å²) in [7, 11) is 0. The first-order valence-electron chi connectivity index (χ1n) is 12.5. The molecule has 0 N–H and O–H groups in total. The number of rotatable bonds is 7. The molecule has 37 heavy (non-hydrogen) atoms. The normalized spacial score (nSPS) is 22.4. The van der Waals surface area contributed by atoms with Gasteiger partial charge in [0.1, 0.15) is 24.1 Å². The van der Waals surface area contributed by atoms with Gasteiger partial charge < -0.3 is 26.2 Å². The Labute approximate surface area is 226 Å². The quantitative estimate of drug-likeness (QED) is 0.250. The van der Waals surface area contributed by atoms with E-state index >= 15 is 0 Å². The average Bonchev–Trinajstić information content (AvgIpc) is 2.88. The van der Waals surface area contributed by atoms with E-state index in [9.17, 15) is 18.4 Å². The fourth-order valence-electron chi connectivity index (χ4n) is 5.78. The molecule has 3 saturated heterocycles. The van der Waals surface area contributed by atoms with Crippen molar-refractivity contribution in [1.29, 1.82) is 0 Å². The Morgan fingerprint density at radius 2 is 1.49 bits per heavy atom. The Morgan fingerprint density at radius 1 is 0.919 bits per heavy atom. The Balaban J connectivity index is 0.00000320. The SMILES string of the molecule is Cc1ccc(C(=O)C[N+]23CCC(CC2)C(C(=O)OC(c2cccc(F)c2)c2cccc(F)c2)C3)cc1.[Br-]. The molecule has 7 heteroatoms. The zero-order chi connectivity index (χ0) is 25.3. The lowest BCUT2D eigenvalue weighted by Gasteiger charge is -2.51. The predicted octanol–water partition coefficient (Wildman–Crippen LogP) is 2.65. The van der Waals surface area contributed by atoms with E-state index < -0.39 is 17.7 Å². The number of Topliss-reactive ketones (excluding diaryl/α,β-unsaturated/α-hetero) is 1. The first-order chi connectivity index (χ1) is 17.3. The van der Waals surface area contributed by atoms with Crippen LogP contribution >= 0.6 is 0 Å². The van der Waals surface area contributed by atoms with Crippen LogP contribution in [0, 0.1) is 30.4 Å². The molecule has 3 aromatic carbocycles. The predicted molar refractivity (Wildman–Crippen MR) is 132 cm³/mol. The van der Waals surface area contributed by atoms with Gasteiger partial charge in [-0.25, -0.2) is 8.78 Å². The summed E-state index contributed by atoms with van der Waals surface area (Å²) in [5, 5.41) is 0. The number of aryl methyl sites for hydroxylation is 1. The van der Waals surface area contributed by atoms with Gasteiger partial charge in [-0.1, -0.05) is 54.1 Å². The van der Waals surface area contributed by atoms with Crippen molar-refractivity contribution < 1.29 is 44.6 Å². The Kier molecular flexibility index (Phi) is 8.24. The molecule has 0 aliphatic carbocycles. The van der Waals surface area contributed by atoms with Crippen molar-refractivity contribution in [3.05, 3.63) is 107 Å². The minimum atomic E-state index is -0.915. The van der Waals surface area contributed by atoms with Gasteiger partial charge in [0.05, 0.1) is 19.6 Å². The first kappa shape index (κ1) is 27.1. The van der Waals surface area contributed by atoms with Crippen molar-refractivity contribution in [3.8, 4) is 0 Å². The van der Waals surface area contributed by atoms with E-state index in [1.807, 2.05) is 31.2 Å². The van der Waals surface area contributed by atoms with Gasteiger partial charge in [-0.05, 0) is 48.2 Å². The van der Waals surface area contributed by atoms with E-state index in [4.69, 9.17) is 4.74 Å². The highest BCUT2D eigenvalue weighted by Crippen LogP contribution is 2.40. The van der Waals surface area contributed by atoms with E-state index in [1.54, 1.807) is 24.3 Å². The van der Waals surface area contributed by atoms with Gasteiger partial charge in [0.15, 0.2) is 6.10 Å². The third-order valence-corrected chi connectivity index (χ3v) is 7.79. The number of nitrogens with zero attached hydrogens (tertiary/aromatic N) is 1.